The summed E-state index contributed by atoms with van der Waals surface area (Å²) in [6, 6.07) is 9.83. The van der Waals surface area contributed by atoms with Gasteiger partial charge in [-0.2, -0.15) is 0 Å². The molecule has 0 bridgehead atoms. The van der Waals surface area contributed by atoms with Crippen LogP contribution in [0.25, 0.3) is 0 Å². The van der Waals surface area contributed by atoms with Crippen molar-refractivity contribution in [3.05, 3.63) is 35.9 Å². The van der Waals surface area contributed by atoms with E-state index >= 15 is 0 Å². The third kappa shape index (κ3) is 2.84. The van der Waals surface area contributed by atoms with Crippen molar-refractivity contribution in [3.63, 3.8) is 0 Å². The van der Waals surface area contributed by atoms with Crippen LogP contribution in [0, 0.1) is 5.92 Å². The Morgan fingerprint density at radius 1 is 1.12 bits per heavy atom. The average molecular weight is 217 g/mol. The van der Waals surface area contributed by atoms with Gasteiger partial charge in [0.1, 0.15) is 0 Å². The molecule has 2 nitrogen and oxygen atoms in total. The fourth-order valence-electron chi connectivity index (χ4n) is 2.26. The molecule has 1 N–H and O–H groups in total. The maximum atomic E-state index is 11.9. The Labute approximate surface area is 97.1 Å². The predicted octanol–water partition coefficient (Wildman–Crippen LogP) is 3.00. The number of benzene rings is 1. The summed E-state index contributed by atoms with van der Waals surface area (Å²) < 4.78 is 0. The molecule has 86 valence electrons. The highest BCUT2D eigenvalue weighted by Gasteiger charge is 2.19. The highest BCUT2D eigenvalue weighted by molar-refractivity contribution is 5.94. The van der Waals surface area contributed by atoms with Crippen LogP contribution in [0.5, 0.6) is 0 Å². The molecule has 1 saturated carbocycles. The van der Waals surface area contributed by atoms with Crippen LogP contribution >= 0.6 is 0 Å². The van der Waals surface area contributed by atoms with Crippen molar-refractivity contribution in [2.75, 3.05) is 0 Å². The first kappa shape index (κ1) is 11.2. The van der Waals surface area contributed by atoms with Gasteiger partial charge in [-0.3, -0.25) is 4.79 Å². The highest BCUT2D eigenvalue weighted by atomic mass is 16.1. The number of amides is 1. The lowest BCUT2D eigenvalue weighted by Gasteiger charge is -2.26. The van der Waals surface area contributed by atoms with Gasteiger partial charge in [-0.25, -0.2) is 0 Å². The third-order valence-corrected chi connectivity index (χ3v) is 3.39. The minimum absolute atomic E-state index is 0.0696. The summed E-state index contributed by atoms with van der Waals surface area (Å²) in [5, 5.41) is 3.12. The summed E-state index contributed by atoms with van der Waals surface area (Å²) in [4.78, 5) is 11.9. The maximum Gasteiger partial charge on any atom is 0.251 e. The minimum Gasteiger partial charge on any atom is -0.349 e. The monoisotopic (exact) mass is 217 g/mol. The van der Waals surface area contributed by atoms with Crippen molar-refractivity contribution in [1.29, 1.82) is 0 Å². The number of nitrogens with one attached hydrogen (secondary N) is 1. The molecule has 0 unspecified atom stereocenters. The van der Waals surface area contributed by atoms with E-state index in [-0.39, 0.29) is 5.91 Å². The Kier molecular flexibility index (Phi) is 3.60. The number of hydrogen-bond donors (Lipinski definition) is 1. The maximum absolute atomic E-state index is 11.9. The fourth-order valence-corrected chi connectivity index (χ4v) is 2.26. The Morgan fingerprint density at radius 2 is 1.75 bits per heavy atom. The largest absolute Gasteiger partial charge is 0.349 e. The predicted molar refractivity (Wildman–Crippen MR) is 65.3 cm³/mol. The van der Waals surface area contributed by atoms with Gasteiger partial charge in [0.25, 0.3) is 5.91 Å². The molecule has 0 heterocycles. The molecule has 2 heteroatoms. The van der Waals surface area contributed by atoms with Crippen molar-refractivity contribution in [3.8, 4) is 0 Å². The second kappa shape index (κ2) is 5.15. The zero-order valence-corrected chi connectivity index (χ0v) is 9.78. The molecule has 2 rings (SSSR count). The Balaban J connectivity index is 1.88. The van der Waals surface area contributed by atoms with Crippen LogP contribution < -0.4 is 5.32 Å². The summed E-state index contributed by atoms with van der Waals surface area (Å²) in [5.41, 5.74) is 0.765. The average Bonchev–Trinajstić information content (AvgIpc) is 2.33. The third-order valence-electron chi connectivity index (χ3n) is 3.39. The number of hydrogen-bond acceptors (Lipinski definition) is 1. The SMILES string of the molecule is C[C@H]1CC[C@H](NC(=O)c2ccccc2)CC1. The molecule has 1 aliphatic rings. The van der Waals surface area contributed by atoms with Crippen LogP contribution in [0.2, 0.25) is 0 Å². The molecule has 0 spiro atoms. The molecule has 1 aromatic rings. The standard InChI is InChI=1S/C14H19NO/c1-11-7-9-13(10-8-11)15-14(16)12-5-3-2-4-6-12/h2-6,11,13H,7-10H2,1H3,(H,15,16)/t11-,13-. The van der Waals surface area contributed by atoms with E-state index in [4.69, 9.17) is 0 Å². The van der Waals surface area contributed by atoms with E-state index in [2.05, 4.69) is 12.2 Å². The van der Waals surface area contributed by atoms with Gasteiger partial charge >= 0.3 is 0 Å². The zero-order chi connectivity index (χ0) is 11.4. The van der Waals surface area contributed by atoms with Crippen molar-refractivity contribution < 1.29 is 4.79 Å². The molecule has 1 amide bonds. The normalized spacial score (nSPS) is 25.1. The van der Waals surface area contributed by atoms with Crippen molar-refractivity contribution in [2.24, 2.45) is 5.92 Å². The fraction of sp³-hybridized carbons (Fsp3) is 0.500. The van der Waals surface area contributed by atoms with Crippen LogP contribution in [0.1, 0.15) is 43.0 Å². The smallest absolute Gasteiger partial charge is 0.251 e. The molecule has 0 aliphatic heterocycles. The number of carbonyl (C=O) groups is 1. The minimum atomic E-state index is 0.0696. The molecule has 16 heavy (non-hydrogen) atoms. The lowest BCUT2D eigenvalue weighted by molar-refractivity contribution is 0.0923. The van der Waals surface area contributed by atoms with E-state index in [1.54, 1.807) is 0 Å². The van der Waals surface area contributed by atoms with Gasteiger partial charge in [-0.1, -0.05) is 25.1 Å². The number of carbonyl (C=O) groups excluding carboxylic acids is 1. The Hall–Kier alpha value is -1.31. The lowest BCUT2D eigenvalue weighted by Crippen LogP contribution is -2.37. The second-order valence-corrected chi connectivity index (χ2v) is 4.80. The van der Waals surface area contributed by atoms with Gasteiger partial charge in [-0.15, -0.1) is 0 Å². The van der Waals surface area contributed by atoms with Crippen molar-refractivity contribution in [2.45, 2.75) is 38.6 Å². The van der Waals surface area contributed by atoms with Gasteiger partial charge in [0.05, 0.1) is 0 Å². The molecule has 1 aromatic carbocycles. The molecule has 1 fully saturated rings. The molecule has 1 aliphatic carbocycles. The van der Waals surface area contributed by atoms with Crippen LogP contribution in [0.15, 0.2) is 30.3 Å². The first-order valence-corrected chi connectivity index (χ1v) is 6.11. The van der Waals surface area contributed by atoms with Crippen LogP contribution in [0.3, 0.4) is 0 Å². The van der Waals surface area contributed by atoms with E-state index in [1.807, 2.05) is 30.3 Å². The van der Waals surface area contributed by atoms with E-state index in [0.29, 0.717) is 6.04 Å². The van der Waals surface area contributed by atoms with E-state index in [0.717, 1.165) is 24.3 Å². The van der Waals surface area contributed by atoms with Gasteiger partial charge < -0.3 is 5.32 Å². The van der Waals surface area contributed by atoms with Crippen molar-refractivity contribution in [1.82, 2.24) is 5.32 Å². The Bertz CT molecular complexity index is 339. The van der Waals surface area contributed by atoms with Crippen LogP contribution in [0.4, 0.5) is 0 Å². The van der Waals surface area contributed by atoms with Crippen LogP contribution in [-0.4, -0.2) is 11.9 Å². The van der Waals surface area contributed by atoms with Gasteiger partial charge in [0.15, 0.2) is 0 Å². The quantitative estimate of drug-likeness (QED) is 0.810. The summed E-state index contributed by atoms with van der Waals surface area (Å²) in [6.45, 7) is 2.29. The molecule has 0 atom stereocenters. The molecule has 0 aromatic heterocycles. The van der Waals surface area contributed by atoms with Crippen LogP contribution in [-0.2, 0) is 0 Å². The molecular formula is C14H19NO. The van der Waals surface area contributed by atoms with Gasteiger partial charge in [0.2, 0.25) is 0 Å². The van der Waals surface area contributed by atoms with Crippen molar-refractivity contribution >= 4 is 5.91 Å². The molecular weight excluding hydrogens is 198 g/mol. The highest BCUT2D eigenvalue weighted by Crippen LogP contribution is 2.23. The first-order chi connectivity index (χ1) is 7.75. The summed E-state index contributed by atoms with van der Waals surface area (Å²) in [5.74, 6) is 0.894. The second-order valence-electron chi connectivity index (χ2n) is 4.80. The number of rotatable bonds is 2. The molecule has 0 radical (unpaired) electrons. The summed E-state index contributed by atoms with van der Waals surface area (Å²) in [6.07, 6.45) is 4.72. The van der Waals surface area contributed by atoms with E-state index in [9.17, 15) is 4.79 Å². The first-order valence-electron chi connectivity index (χ1n) is 6.11. The summed E-state index contributed by atoms with van der Waals surface area (Å²) >= 11 is 0. The summed E-state index contributed by atoms with van der Waals surface area (Å²) in [7, 11) is 0. The van der Waals surface area contributed by atoms with Gasteiger partial charge in [0, 0.05) is 11.6 Å². The zero-order valence-electron chi connectivity index (χ0n) is 9.78. The van der Waals surface area contributed by atoms with Gasteiger partial charge in [-0.05, 0) is 43.7 Å². The Morgan fingerprint density at radius 3 is 2.38 bits per heavy atom. The van der Waals surface area contributed by atoms with E-state index in [1.165, 1.54) is 12.8 Å². The van der Waals surface area contributed by atoms with E-state index < -0.39 is 0 Å². The topological polar surface area (TPSA) is 29.1 Å². The molecule has 0 saturated heterocycles. The lowest BCUT2D eigenvalue weighted by atomic mass is 9.87.